The molecule has 1 atom stereocenters. The average molecular weight is 318 g/mol. The standard InChI is InChI=1S/C23H23F/c1-17-7-3-4-8-20(17)16-22-10-6-5-9-21(22)15-18(2)19-11-13-23(24)14-12-19/h3-14,18H,15-16H2,1-2H3. The van der Waals surface area contributed by atoms with E-state index >= 15 is 0 Å². The Bertz CT molecular complexity index is 802. The summed E-state index contributed by atoms with van der Waals surface area (Å²) in [5, 5.41) is 0. The van der Waals surface area contributed by atoms with Gasteiger partial charge in [0, 0.05) is 0 Å². The molecule has 0 aliphatic rings. The summed E-state index contributed by atoms with van der Waals surface area (Å²) >= 11 is 0. The molecule has 0 radical (unpaired) electrons. The Morgan fingerprint density at radius 2 is 1.33 bits per heavy atom. The van der Waals surface area contributed by atoms with Crippen LogP contribution in [0.5, 0.6) is 0 Å². The van der Waals surface area contributed by atoms with Gasteiger partial charge in [0.2, 0.25) is 0 Å². The van der Waals surface area contributed by atoms with Crippen LogP contribution in [0.1, 0.15) is 40.7 Å². The van der Waals surface area contributed by atoms with Gasteiger partial charge in [-0.1, -0.05) is 67.6 Å². The molecule has 24 heavy (non-hydrogen) atoms. The average Bonchev–Trinajstić information content (AvgIpc) is 2.59. The molecule has 3 aromatic carbocycles. The monoisotopic (exact) mass is 318 g/mol. The summed E-state index contributed by atoms with van der Waals surface area (Å²) in [7, 11) is 0. The number of aryl methyl sites for hydroxylation is 1. The van der Waals surface area contributed by atoms with Crippen molar-refractivity contribution in [2.45, 2.75) is 32.6 Å². The maximum absolute atomic E-state index is 13.1. The number of halogens is 1. The molecule has 0 N–H and O–H groups in total. The highest BCUT2D eigenvalue weighted by molar-refractivity contribution is 5.37. The van der Waals surface area contributed by atoms with E-state index in [-0.39, 0.29) is 5.82 Å². The van der Waals surface area contributed by atoms with Gasteiger partial charge < -0.3 is 0 Å². The molecule has 0 aliphatic carbocycles. The van der Waals surface area contributed by atoms with Crippen LogP contribution in [0.3, 0.4) is 0 Å². The van der Waals surface area contributed by atoms with Gasteiger partial charge in [0.25, 0.3) is 0 Å². The lowest BCUT2D eigenvalue weighted by Gasteiger charge is -2.16. The van der Waals surface area contributed by atoms with Gasteiger partial charge in [0.1, 0.15) is 5.82 Å². The summed E-state index contributed by atoms with van der Waals surface area (Å²) in [6.45, 7) is 4.37. The Labute approximate surface area is 144 Å². The van der Waals surface area contributed by atoms with E-state index in [1.165, 1.54) is 27.8 Å². The molecule has 0 heterocycles. The van der Waals surface area contributed by atoms with E-state index in [1.807, 2.05) is 12.1 Å². The lowest BCUT2D eigenvalue weighted by atomic mass is 9.89. The molecule has 0 spiro atoms. The fraction of sp³-hybridized carbons (Fsp3) is 0.217. The van der Waals surface area contributed by atoms with Crippen molar-refractivity contribution in [1.82, 2.24) is 0 Å². The molecule has 0 aromatic heterocycles. The van der Waals surface area contributed by atoms with Crippen LogP contribution in [0.2, 0.25) is 0 Å². The van der Waals surface area contributed by atoms with Crippen LogP contribution >= 0.6 is 0 Å². The molecule has 3 aromatic rings. The lowest BCUT2D eigenvalue weighted by molar-refractivity contribution is 0.625. The van der Waals surface area contributed by atoms with Crippen LogP contribution in [0.25, 0.3) is 0 Å². The largest absolute Gasteiger partial charge is 0.207 e. The summed E-state index contributed by atoms with van der Waals surface area (Å²) in [6, 6.07) is 24.1. The molecule has 0 amide bonds. The second kappa shape index (κ2) is 7.44. The zero-order chi connectivity index (χ0) is 16.9. The van der Waals surface area contributed by atoms with E-state index in [0.29, 0.717) is 5.92 Å². The molecule has 0 nitrogen and oxygen atoms in total. The van der Waals surface area contributed by atoms with E-state index in [9.17, 15) is 4.39 Å². The SMILES string of the molecule is Cc1ccccc1Cc1ccccc1CC(C)c1ccc(F)cc1. The van der Waals surface area contributed by atoms with Crippen molar-refractivity contribution in [3.63, 3.8) is 0 Å². The summed E-state index contributed by atoms with van der Waals surface area (Å²) in [5.41, 5.74) is 6.64. The van der Waals surface area contributed by atoms with Crippen LogP contribution in [-0.2, 0) is 12.8 Å². The first-order valence-electron chi connectivity index (χ1n) is 8.50. The third-order valence-electron chi connectivity index (χ3n) is 4.73. The molecule has 1 heteroatoms. The minimum Gasteiger partial charge on any atom is -0.207 e. The maximum atomic E-state index is 13.1. The highest BCUT2D eigenvalue weighted by atomic mass is 19.1. The molecule has 0 aliphatic heterocycles. The zero-order valence-electron chi connectivity index (χ0n) is 14.3. The van der Waals surface area contributed by atoms with Gasteiger partial charge in [-0.25, -0.2) is 4.39 Å². The predicted octanol–water partition coefficient (Wildman–Crippen LogP) is 6.07. The van der Waals surface area contributed by atoms with Gasteiger partial charge in [-0.15, -0.1) is 0 Å². The summed E-state index contributed by atoms with van der Waals surface area (Å²) in [5.74, 6) is 0.189. The molecule has 3 rings (SSSR count). The van der Waals surface area contributed by atoms with Crippen molar-refractivity contribution in [2.24, 2.45) is 0 Å². The number of hydrogen-bond donors (Lipinski definition) is 0. The number of rotatable bonds is 5. The van der Waals surface area contributed by atoms with Gasteiger partial charge >= 0.3 is 0 Å². The second-order valence-electron chi connectivity index (χ2n) is 6.53. The summed E-state index contributed by atoms with van der Waals surface area (Å²) < 4.78 is 13.1. The van der Waals surface area contributed by atoms with E-state index in [0.717, 1.165) is 12.8 Å². The normalized spacial score (nSPS) is 12.1. The molecule has 0 saturated carbocycles. The van der Waals surface area contributed by atoms with Crippen LogP contribution in [0, 0.1) is 12.7 Å². The van der Waals surface area contributed by atoms with Crippen molar-refractivity contribution in [2.75, 3.05) is 0 Å². The van der Waals surface area contributed by atoms with Crippen molar-refractivity contribution >= 4 is 0 Å². The van der Waals surface area contributed by atoms with Crippen molar-refractivity contribution in [3.05, 3.63) is 106 Å². The molecule has 122 valence electrons. The maximum Gasteiger partial charge on any atom is 0.123 e. The Balaban J connectivity index is 1.81. The highest BCUT2D eigenvalue weighted by Crippen LogP contribution is 2.24. The molecular weight excluding hydrogens is 295 g/mol. The topological polar surface area (TPSA) is 0 Å². The number of benzene rings is 3. The van der Waals surface area contributed by atoms with Crippen molar-refractivity contribution < 1.29 is 4.39 Å². The molecule has 0 saturated heterocycles. The smallest absolute Gasteiger partial charge is 0.123 e. The fourth-order valence-electron chi connectivity index (χ4n) is 3.18. The first kappa shape index (κ1) is 16.4. The molecule has 0 fully saturated rings. The van der Waals surface area contributed by atoms with E-state index in [4.69, 9.17) is 0 Å². The minimum atomic E-state index is -0.175. The lowest BCUT2D eigenvalue weighted by Crippen LogP contribution is -2.03. The second-order valence-corrected chi connectivity index (χ2v) is 6.53. The van der Waals surface area contributed by atoms with Crippen LogP contribution < -0.4 is 0 Å². The van der Waals surface area contributed by atoms with Gasteiger partial charge in [-0.3, -0.25) is 0 Å². The van der Waals surface area contributed by atoms with Gasteiger partial charge in [-0.2, -0.15) is 0 Å². The first-order chi connectivity index (χ1) is 11.6. The number of hydrogen-bond acceptors (Lipinski definition) is 0. The van der Waals surface area contributed by atoms with Crippen molar-refractivity contribution in [1.29, 1.82) is 0 Å². The highest BCUT2D eigenvalue weighted by Gasteiger charge is 2.11. The van der Waals surface area contributed by atoms with Crippen LogP contribution in [0.4, 0.5) is 4.39 Å². The molecule has 1 unspecified atom stereocenters. The van der Waals surface area contributed by atoms with Crippen molar-refractivity contribution in [3.8, 4) is 0 Å². The Hall–Kier alpha value is -2.41. The van der Waals surface area contributed by atoms with Crippen LogP contribution in [-0.4, -0.2) is 0 Å². The predicted molar refractivity (Wildman–Crippen MR) is 98.9 cm³/mol. The van der Waals surface area contributed by atoms with Gasteiger partial charge in [0.15, 0.2) is 0 Å². The zero-order valence-corrected chi connectivity index (χ0v) is 14.3. The van der Waals surface area contributed by atoms with E-state index in [2.05, 4.69) is 62.4 Å². The molecular formula is C23H23F. The Kier molecular flexibility index (Phi) is 5.10. The Morgan fingerprint density at radius 1 is 0.750 bits per heavy atom. The third-order valence-corrected chi connectivity index (χ3v) is 4.73. The minimum absolute atomic E-state index is 0.175. The van der Waals surface area contributed by atoms with Gasteiger partial charge in [-0.05, 0) is 65.6 Å². The fourth-order valence-corrected chi connectivity index (χ4v) is 3.18. The summed E-state index contributed by atoms with van der Waals surface area (Å²) in [4.78, 5) is 0. The van der Waals surface area contributed by atoms with Crippen LogP contribution in [0.15, 0.2) is 72.8 Å². The summed E-state index contributed by atoms with van der Waals surface area (Å²) in [6.07, 6.45) is 1.92. The van der Waals surface area contributed by atoms with E-state index in [1.54, 1.807) is 12.1 Å². The first-order valence-corrected chi connectivity index (χ1v) is 8.50. The quantitative estimate of drug-likeness (QED) is 0.535. The third kappa shape index (κ3) is 3.91. The Morgan fingerprint density at radius 3 is 2.00 bits per heavy atom. The molecule has 0 bridgehead atoms. The van der Waals surface area contributed by atoms with E-state index < -0.39 is 0 Å². The van der Waals surface area contributed by atoms with Gasteiger partial charge in [0.05, 0.1) is 0 Å².